The van der Waals surface area contributed by atoms with Crippen LogP contribution >= 0.6 is 0 Å². The number of aromatic nitrogens is 2. The summed E-state index contributed by atoms with van der Waals surface area (Å²) < 4.78 is 16.6. The fourth-order valence-corrected chi connectivity index (χ4v) is 4.35. The molecule has 0 spiro atoms. The smallest absolute Gasteiger partial charge is 0.341 e. The number of hydrogen-bond acceptors (Lipinski definition) is 5. The number of carboxylic acids is 1. The van der Waals surface area contributed by atoms with Gasteiger partial charge in [-0.1, -0.05) is 0 Å². The maximum atomic E-state index is 14.8. The summed E-state index contributed by atoms with van der Waals surface area (Å²) in [6.45, 7) is 1.59. The molecule has 0 unspecified atom stereocenters. The molecular weight excluding hydrogens is 339 g/mol. The summed E-state index contributed by atoms with van der Waals surface area (Å²) in [7, 11) is 2.07. The lowest BCUT2D eigenvalue weighted by molar-refractivity contribution is 0.0695. The Morgan fingerprint density at radius 2 is 2.04 bits per heavy atom. The lowest BCUT2D eigenvalue weighted by Crippen LogP contribution is -2.45. The number of aromatic carboxylic acids is 1. The van der Waals surface area contributed by atoms with Gasteiger partial charge in [-0.05, 0) is 32.4 Å². The van der Waals surface area contributed by atoms with Gasteiger partial charge in [0.1, 0.15) is 11.2 Å². The maximum absolute atomic E-state index is 14.8. The van der Waals surface area contributed by atoms with Gasteiger partial charge < -0.3 is 14.6 Å². The number of likely N-dealkylation sites (N-methyl/N-ethyl adjacent to an activating group) is 1. The summed E-state index contributed by atoms with van der Waals surface area (Å²) in [6.07, 6.45) is 4.17. The Kier molecular flexibility index (Phi) is 3.19. The lowest BCUT2D eigenvalue weighted by atomic mass is 10.1. The van der Waals surface area contributed by atoms with E-state index in [0.717, 1.165) is 32.4 Å². The number of likely N-dealkylation sites (tertiary alicyclic amines) is 1. The van der Waals surface area contributed by atoms with Crippen LogP contribution in [0.25, 0.3) is 11.0 Å². The van der Waals surface area contributed by atoms with Crippen LogP contribution in [0, 0.1) is 5.82 Å². The Morgan fingerprint density at radius 3 is 2.62 bits per heavy atom. The van der Waals surface area contributed by atoms with Gasteiger partial charge in [0, 0.05) is 37.4 Å². The van der Waals surface area contributed by atoms with Crippen molar-refractivity contribution in [2.45, 2.75) is 37.4 Å². The number of nitrogens with zero attached hydrogens (tertiary/aromatic N) is 4. The van der Waals surface area contributed by atoms with E-state index in [1.54, 1.807) is 4.57 Å². The molecule has 4 heterocycles. The third-order valence-electron chi connectivity index (χ3n) is 5.90. The highest BCUT2D eigenvalue weighted by molar-refractivity contribution is 5.92. The van der Waals surface area contributed by atoms with Crippen molar-refractivity contribution in [1.82, 2.24) is 14.5 Å². The van der Waals surface area contributed by atoms with E-state index < -0.39 is 17.2 Å². The van der Waals surface area contributed by atoms with Gasteiger partial charge in [-0.2, -0.15) is 0 Å². The van der Waals surface area contributed by atoms with Gasteiger partial charge in [-0.25, -0.2) is 14.2 Å². The van der Waals surface area contributed by atoms with Crippen LogP contribution in [-0.2, 0) is 0 Å². The first-order chi connectivity index (χ1) is 12.4. The molecule has 2 aromatic heterocycles. The van der Waals surface area contributed by atoms with E-state index in [9.17, 15) is 19.1 Å². The van der Waals surface area contributed by atoms with Crippen LogP contribution in [0.3, 0.4) is 0 Å². The first-order valence-corrected chi connectivity index (χ1v) is 8.89. The van der Waals surface area contributed by atoms with Gasteiger partial charge in [0.25, 0.3) is 0 Å². The molecule has 26 heavy (non-hydrogen) atoms. The quantitative estimate of drug-likeness (QED) is 0.895. The van der Waals surface area contributed by atoms with Crippen molar-refractivity contribution >= 4 is 22.8 Å². The fraction of sp³-hybridized carbons (Fsp3) is 0.500. The monoisotopic (exact) mass is 358 g/mol. The minimum atomic E-state index is -1.30. The molecule has 2 atom stereocenters. The molecule has 2 aliphatic heterocycles. The van der Waals surface area contributed by atoms with Crippen LogP contribution < -0.4 is 10.3 Å². The normalized spacial score (nSPS) is 25.4. The fourth-order valence-electron chi connectivity index (χ4n) is 4.35. The van der Waals surface area contributed by atoms with Crippen molar-refractivity contribution in [2.75, 3.05) is 25.0 Å². The van der Waals surface area contributed by atoms with Crippen molar-refractivity contribution in [3.63, 3.8) is 0 Å². The maximum Gasteiger partial charge on any atom is 0.341 e. The molecule has 0 aromatic carbocycles. The summed E-state index contributed by atoms with van der Waals surface area (Å²) >= 11 is 0. The Hall–Kier alpha value is -2.48. The van der Waals surface area contributed by atoms with E-state index in [4.69, 9.17) is 0 Å². The number of carbonyl (C=O) groups is 1. The first kappa shape index (κ1) is 15.7. The van der Waals surface area contributed by atoms with E-state index in [0.29, 0.717) is 11.7 Å². The van der Waals surface area contributed by atoms with E-state index >= 15 is 0 Å². The predicted molar refractivity (Wildman–Crippen MR) is 93.4 cm³/mol. The molecule has 3 fully saturated rings. The zero-order chi connectivity index (χ0) is 18.2. The molecule has 7 nitrogen and oxygen atoms in total. The van der Waals surface area contributed by atoms with E-state index in [1.807, 2.05) is 4.90 Å². The highest BCUT2D eigenvalue weighted by Gasteiger charge is 2.43. The van der Waals surface area contributed by atoms with E-state index in [2.05, 4.69) is 16.9 Å². The van der Waals surface area contributed by atoms with Crippen molar-refractivity contribution in [3.05, 3.63) is 33.9 Å². The molecular formula is C18H19FN4O3. The SMILES string of the molecule is CN1C[C@H]2C[C@@H]1CN2c1nc2c(cc1F)c(=O)c(C(=O)O)cn2C1CC1. The molecule has 0 radical (unpaired) electrons. The second-order valence-corrected chi connectivity index (χ2v) is 7.62. The molecule has 1 aliphatic carbocycles. The molecule has 2 saturated heterocycles. The molecule has 2 aromatic rings. The molecule has 8 heteroatoms. The topological polar surface area (TPSA) is 78.7 Å². The van der Waals surface area contributed by atoms with Gasteiger partial charge in [-0.3, -0.25) is 9.69 Å². The number of piperazine rings is 1. The Labute approximate surface area is 148 Å². The second-order valence-electron chi connectivity index (χ2n) is 7.62. The van der Waals surface area contributed by atoms with Crippen LogP contribution in [0.2, 0.25) is 0 Å². The number of halogens is 1. The number of rotatable bonds is 3. The molecule has 5 rings (SSSR count). The number of fused-ring (bicyclic) bond motifs is 3. The van der Waals surface area contributed by atoms with Crippen molar-refractivity contribution in [3.8, 4) is 0 Å². The molecule has 3 aliphatic rings. The van der Waals surface area contributed by atoms with Crippen molar-refractivity contribution in [2.24, 2.45) is 0 Å². The van der Waals surface area contributed by atoms with Crippen LogP contribution in [0.5, 0.6) is 0 Å². The summed E-state index contributed by atoms with van der Waals surface area (Å²) in [5, 5.41) is 9.35. The molecule has 2 bridgehead atoms. The Morgan fingerprint density at radius 1 is 1.27 bits per heavy atom. The largest absolute Gasteiger partial charge is 0.477 e. The minimum Gasteiger partial charge on any atom is -0.477 e. The van der Waals surface area contributed by atoms with Crippen LogP contribution in [0.1, 0.15) is 35.7 Å². The third kappa shape index (κ3) is 2.18. The summed E-state index contributed by atoms with van der Waals surface area (Å²) in [5.41, 5.74) is -0.625. The van der Waals surface area contributed by atoms with E-state index in [1.165, 1.54) is 12.3 Å². The number of carboxylic acid groups (broad SMARTS) is 1. The van der Waals surface area contributed by atoms with Crippen molar-refractivity contribution in [1.29, 1.82) is 0 Å². The Bertz CT molecular complexity index is 998. The highest BCUT2D eigenvalue weighted by atomic mass is 19.1. The Balaban J connectivity index is 1.70. The number of anilines is 1. The van der Waals surface area contributed by atoms with Crippen LogP contribution in [0.15, 0.2) is 17.1 Å². The second kappa shape index (κ2) is 5.26. The number of hydrogen-bond donors (Lipinski definition) is 1. The highest BCUT2D eigenvalue weighted by Crippen LogP contribution is 2.38. The predicted octanol–water partition coefficient (Wildman–Crippen LogP) is 1.46. The van der Waals surface area contributed by atoms with Gasteiger partial charge >= 0.3 is 5.97 Å². The molecule has 1 saturated carbocycles. The van der Waals surface area contributed by atoms with Gasteiger partial charge in [0.05, 0.1) is 5.39 Å². The average molecular weight is 358 g/mol. The standard InChI is InChI=1S/C18H19FN4O3/c1-21-6-11-4-10(21)7-22(11)17-14(19)5-12-15(24)13(18(25)26)8-23(9-2-3-9)16(12)20-17/h5,8-11H,2-4,6-7H2,1H3,(H,25,26)/t10-,11-/m1/s1. The molecule has 136 valence electrons. The van der Waals surface area contributed by atoms with E-state index in [-0.39, 0.29) is 28.9 Å². The van der Waals surface area contributed by atoms with Gasteiger partial charge in [0.2, 0.25) is 5.43 Å². The van der Waals surface area contributed by atoms with Gasteiger partial charge in [0.15, 0.2) is 11.6 Å². The summed E-state index contributed by atoms with van der Waals surface area (Å²) in [4.78, 5) is 32.7. The summed E-state index contributed by atoms with van der Waals surface area (Å²) in [5.74, 6) is -1.58. The third-order valence-corrected chi connectivity index (χ3v) is 5.90. The first-order valence-electron chi connectivity index (χ1n) is 8.89. The minimum absolute atomic E-state index is 0.0412. The van der Waals surface area contributed by atoms with Gasteiger partial charge in [-0.15, -0.1) is 0 Å². The zero-order valence-corrected chi connectivity index (χ0v) is 14.4. The van der Waals surface area contributed by atoms with Crippen molar-refractivity contribution < 1.29 is 14.3 Å². The zero-order valence-electron chi connectivity index (χ0n) is 14.4. The molecule has 1 N–H and O–H groups in total. The summed E-state index contributed by atoms with van der Waals surface area (Å²) in [6, 6.07) is 1.92. The number of pyridine rings is 2. The van der Waals surface area contributed by atoms with Crippen LogP contribution in [0.4, 0.5) is 10.2 Å². The average Bonchev–Trinajstić information content (AvgIpc) is 3.26. The van der Waals surface area contributed by atoms with Crippen LogP contribution in [-0.4, -0.2) is 57.7 Å². The lowest BCUT2D eigenvalue weighted by Gasteiger charge is -2.33. The molecule has 0 amide bonds.